The molecule has 134 valence electrons. The fourth-order valence-electron chi connectivity index (χ4n) is 2.99. The number of benzene rings is 1. The second-order valence-corrected chi connectivity index (χ2v) is 7.04. The molecule has 2 N–H and O–H groups in total. The average Bonchev–Trinajstić information content (AvgIpc) is 3.04. The first-order valence-electron chi connectivity index (χ1n) is 8.52. The molecule has 1 aliphatic rings. The number of nitrogens with zero attached hydrogens (tertiary/aromatic N) is 3. The van der Waals surface area contributed by atoms with Crippen LogP contribution in [0.25, 0.3) is 10.2 Å². The summed E-state index contributed by atoms with van der Waals surface area (Å²) in [5.74, 6) is 0. The lowest BCUT2D eigenvalue weighted by atomic mass is 10.2. The number of piperazine rings is 1. The summed E-state index contributed by atoms with van der Waals surface area (Å²) in [6.45, 7) is 4.36. The van der Waals surface area contributed by atoms with E-state index in [1.54, 1.807) is 18.3 Å². The number of aromatic nitrogens is 2. The molecule has 0 spiro atoms. The number of fused-ring (bicyclic) bond motifs is 1. The highest BCUT2D eigenvalue weighted by atomic mass is 32.1. The van der Waals surface area contributed by atoms with Gasteiger partial charge in [0, 0.05) is 44.6 Å². The van der Waals surface area contributed by atoms with Crippen LogP contribution in [-0.2, 0) is 6.54 Å². The first-order chi connectivity index (χ1) is 12.7. The number of rotatable bonds is 3. The number of anilines is 1. The van der Waals surface area contributed by atoms with Crippen molar-refractivity contribution < 1.29 is 4.79 Å². The molecule has 0 atom stereocenters. The van der Waals surface area contributed by atoms with Crippen LogP contribution in [0.1, 0.15) is 5.56 Å². The van der Waals surface area contributed by atoms with Gasteiger partial charge in [-0.1, -0.05) is 12.1 Å². The summed E-state index contributed by atoms with van der Waals surface area (Å²) in [5, 5.41) is 6.60. The number of pyridine rings is 1. The first kappa shape index (κ1) is 16.7. The Balaban J connectivity index is 1.42. The molecule has 1 aliphatic heterocycles. The first-order valence-corrected chi connectivity index (χ1v) is 9.29. The van der Waals surface area contributed by atoms with Crippen molar-refractivity contribution in [1.82, 2.24) is 19.6 Å². The van der Waals surface area contributed by atoms with E-state index in [0.717, 1.165) is 47.2 Å². The zero-order valence-electron chi connectivity index (χ0n) is 14.1. The standard InChI is InChI=1S/C18H19N5O2S/c24-17-15-2-1-7-20-16(15)26-23(17)18(25)21-12-13-3-5-14(6-4-13)22-10-8-19-9-11-22/h1-7,19H,8-12H2,(H,21,25). The van der Waals surface area contributed by atoms with Gasteiger partial charge in [-0.3, -0.25) is 4.79 Å². The number of carbonyl (C=O) groups excluding carboxylic acids is 1. The van der Waals surface area contributed by atoms with Crippen LogP contribution < -0.4 is 21.1 Å². The molecule has 0 aliphatic carbocycles. The smallest absolute Gasteiger partial charge is 0.338 e. The van der Waals surface area contributed by atoms with Gasteiger partial charge in [0.1, 0.15) is 4.83 Å². The molecule has 0 saturated carbocycles. The molecule has 3 heterocycles. The van der Waals surface area contributed by atoms with Crippen LogP contribution in [0.3, 0.4) is 0 Å². The maximum absolute atomic E-state index is 12.3. The zero-order valence-corrected chi connectivity index (χ0v) is 15.0. The number of nitrogens with one attached hydrogen (secondary N) is 2. The molecule has 0 radical (unpaired) electrons. The minimum atomic E-state index is -0.427. The van der Waals surface area contributed by atoms with Crippen LogP contribution in [0.2, 0.25) is 0 Å². The third-order valence-corrected chi connectivity index (χ3v) is 5.42. The van der Waals surface area contributed by atoms with E-state index in [-0.39, 0.29) is 5.56 Å². The van der Waals surface area contributed by atoms with E-state index < -0.39 is 6.03 Å². The van der Waals surface area contributed by atoms with E-state index in [2.05, 4.69) is 32.7 Å². The predicted molar refractivity (Wildman–Crippen MR) is 103 cm³/mol. The van der Waals surface area contributed by atoms with E-state index in [1.807, 2.05) is 12.1 Å². The Morgan fingerprint density at radius 3 is 2.69 bits per heavy atom. The van der Waals surface area contributed by atoms with Gasteiger partial charge in [-0.25, -0.2) is 9.78 Å². The molecule has 1 fully saturated rings. The third kappa shape index (κ3) is 3.33. The van der Waals surface area contributed by atoms with Gasteiger partial charge in [-0.15, -0.1) is 0 Å². The monoisotopic (exact) mass is 369 g/mol. The Labute approximate surface area is 154 Å². The largest absolute Gasteiger partial charge is 0.369 e. The lowest BCUT2D eigenvalue weighted by molar-refractivity contribution is 0.243. The number of hydrogen-bond acceptors (Lipinski definition) is 6. The van der Waals surface area contributed by atoms with Crippen molar-refractivity contribution in [2.45, 2.75) is 6.54 Å². The third-order valence-electron chi connectivity index (χ3n) is 4.41. The quantitative estimate of drug-likeness (QED) is 0.734. The lowest BCUT2D eigenvalue weighted by Crippen LogP contribution is -2.43. The number of hydrogen-bond donors (Lipinski definition) is 2. The van der Waals surface area contributed by atoms with E-state index in [4.69, 9.17) is 0 Å². The van der Waals surface area contributed by atoms with Crippen molar-refractivity contribution in [3.8, 4) is 0 Å². The normalized spacial score (nSPS) is 14.5. The van der Waals surface area contributed by atoms with Crippen molar-refractivity contribution in [3.05, 3.63) is 58.5 Å². The van der Waals surface area contributed by atoms with Gasteiger partial charge in [0.2, 0.25) is 0 Å². The van der Waals surface area contributed by atoms with Gasteiger partial charge < -0.3 is 15.5 Å². The summed E-state index contributed by atoms with van der Waals surface area (Å²) in [6.07, 6.45) is 1.61. The minimum absolute atomic E-state index is 0.329. The van der Waals surface area contributed by atoms with Gasteiger partial charge in [-0.05, 0) is 41.4 Å². The highest BCUT2D eigenvalue weighted by Gasteiger charge is 2.14. The zero-order chi connectivity index (χ0) is 17.9. The Bertz CT molecular complexity index is 973. The molecule has 4 rings (SSSR count). The van der Waals surface area contributed by atoms with E-state index >= 15 is 0 Å². The lowest BCUT2D eigenvalue weighted by Gasteiger charge is -2.29. The van der Waals surface area contributed by atoms with Gasteiger partial charge in [0.15, 0.2) is 0 Å². The van der Waals surface area contributed by atoms with Crippen molar-refractivity contribution >= 4 is 33.5 Å². The molecule has 1 saturated heterocycles. The fourth-order valence-corrected chi connectivity index (χ4v) is 3.86. The van der Waals surface area contributed by atoms with Gasteiger partial charge >= 0.3 is 6.03 Å². The Morgan fingerprint density at radius 2 is 1.96 bits per heavy atom. The number of carbonyl (C=O) groups is 1. The maximum atomic E-state index is 12.3. The molecule has 1 amide bonds. The molecule has 7 nitrogen and oxygen atoms in total. The SMILES string of the molecule is O=C(NCc1ccc(N2CCNCC2)cc1)n1sc2ncccc2c1=O. The second kappa shape index (κ2) is 7.27. The summed E-state index contributed by atoms with van der Waals surface area (Å²) in [4.78, 5) is 31.6. The van der Waals surface area contributed by atoms with E-state index in [0.29, 0.717) is 16.8 Å². The topological polar surface area (TPSA) is 79.3 Å². The van der Waals surface area contributed by atoms with Crippen molar-refractivity contribution in [3.63, 3.8) is 0 Å². The van der Waals surface area contributed by atoms with Gasteiger partial charge in [0.05, 0.1) is 5.39 Å². The molecule has 2 aromatic heterocycles. The predicted octanol–water partition coefficient (Wildman–Crippen LogP) is 1.63. The van der Waals surface area contributed by atoms with Crippen LogP contribution in [0.15, 0.2) is 47.4 Å². The van der Waals surface area contributed by atoms with E-state index in [9.17, 15) is 9.59 Å². The van der Waals surface area contributed by atoms with Gasteiger partial charge in [-0.2, -0.15) is 3.96 Å². The van der Waals surface area contributed by atoms with Gasteiger partial charge in [0.25, 0.3) is 5.56 Å². The van der Waals surface area contributed by atoms with Crippen molar-refractivity contribution in [2.24, 2.45) is 0 Å². The van der Waals surface area contributed by atoms with Crippen LogP contribution in [0, 0.1) is 0 Å². The highest BCUT2D eigenvalue weighted by Crippen LogP contribution is 2.16. The Kier molecular flexibility index (Phi) is 4.68. The Hall–Kier alpha value is -2.71. The fraction of sp³-hybridized carbons (Fsp3) is 0.278. The summed E-state index contributed by atoms with van der Waals surface area (Å²) >= 11 is 1.06. The summed E-state index contributed by atoms with van der Waals surface area (Å²) in [5.41, 5.74) is 1.85. The number of amides is 1. The summed E-state index contributed by atoms with van der Waals surface area (Å²) in [7, 11) is 0. The molecule has 26 heavy (non-hydrogen) atoms. The molecular weight excluding hydrogens is 350 g/mol. The summed E-state index contributed by atoms with van der Waals surface area (Å²) in [6, 6.07) is 11.1. The molecular formula is C18H19N5O2S. The Morgan fingerprint density at radius 1 is 1.19 bits per heavy atom. The average molecular weight is 369 g/mol. The highest BCUT2D eigenvalue weighted by molar-refractivity contribution is 7.14. The van der Waals surface area contributed by atoms with Crippen LogP contribution in [0.4, 0.5) is 10.5 Å². The molecule has 1 aromatic carbocycles. The van der Waals surface area contributed by atoms with Crippen LogP contribution in [0.5, 0.6) is 0 Å². The van der Waals surface area contributed by atoms with Crippen LogP contribution in [-0.4, -0.2) is 41.2 Å². The van der Waals surface area contributed by atoms with Crippen molar-refractivity contribution in [1.29, 1.82) is 0 Å². The van der Waals surface area contributed by atoms with Crippen molar-refractivity contribution in [2.75, 3.05) is 31.1 Å². The molecule has 0 bridgehead atoms. The maximum Gasteiger partial charge on any atom is 0.338 e. The molecule has 0 unspecified atom stereocenters. The second-order valence-electron chi connectivity index (χ2n) is 6.11. The minimum Gasteiger partial charge on any atom is -0.369 e. The van der Waals surface area contributed by atoms with Crippen LogP contribution >= 0.6 is 11.5 Å². The van der Waals surface area contributed by atoms with E-state index in [1.165, 1.54) is 5.69 Å². The summed E-state index contributed by atoms with van der Waals surface area (Å²) < 4.78 is 1.12. The molecule has 8 heteroatoms. The molecule has 3 aromatic rings.